The van der Waals surface area contributed by atoms with Gasteiger partial charge in [0.2, 0.25) is 0 Å². The fraction of sp³-hybridized carbons (Fsp3) is 0.143. The number of rotatable bonds is 5. The molecule has 0 amide bonds. The van der Waals surface area contributed by atoms with Crippen LogP contribution < -0.4 is 4.74 Å². The first-order chi connectivity index (χ1) is 9.60. The quantitative estimate of drug-likeness (QED) is 0.670. The van der Waals surface area contributed by atoms with Crippen LogP contribution in [0, 0.1) is 10.1 Å². The summed E-state index contributed by atoms with van der Waals surface area (Å²) in [5.41, 5.74) is 1.36. The first-order valence-corrected chi connectivity index (χ1v) is 6.65. The summed E-state index contributed by atoms with van der Waals surface area (Å²) in [6, 6.07) is 11.8. The second-order valence-corrected chi connectivity index (χ2v) is 5.05. The van der Waals surface area contributed by atoms with Gasteiger partial charge in [-0.25, -0.2) is 0 Å². The highest BCUT2D eigenvalue weighted by Crippen LogP contribution is 2.28. The Kier molecular flexibility index (Phi) is 4.70. The zero-order chi connectivity index (χ0) is 14.5. The highest BCUT2D eigenvalue weighted by molar-refractivity contribution is 9.10. The van der Waals surface area contributed by atoms with Gasteiger partial charge in [0, 0.05) is 10.5 Å². The van der Waals surface area contributed by atoms with Gasteiger partial charge in [0.25, 0.3) is 0 Å². The molecule has 5 nitrogen and oxygen atoms in total. The van der Waals surface area contributed by atoms with E-state index in [2.05, 4.69) is 15.9 Å². The molecular weight excluding hydrogens is 326 g/mol. The molecule has 20 heavy (non-hydrogen) atoms. The van der Waals surface area contributed by atoms with Crippen molar-refractivity contribution in [3.63, 3.8) is 0 Å². The van der Waals surface area contributed by atoms with E-state index in [0.717, 1.165) is 10.0 Å². The van der Waals surface area contributed by atoms with E-state index >= 15 is 0 Å². The molecule has 0 bridgehead atoms. The normalized spacial score (nSPS) is 10.3. The van der Waals surface area contributed by atoms with E-state index in [1.165, 1.54) is 18.2 Å². The predicted octanol–water partition coefficient (Wildman–Crippen LogP) is 3.43. The predicted molar refractivity (Wildman–Crippen MR) is 77.5 cm³/mol. The van der Waals surface area contributed by atoms with Gasteiger partial charge in [-0.1, -0.05) is 28.1 Å². The summed E-state index contributed by atoms with van der Waals surface area (Å²) in [5, 5.41) is 20.0. The fourth-order valence-electron chi connectivity index (χ4n) is 1.67. The molecule has 0 aliphatic rings. The van der Waals surface area contributed by atoms with Crippen LogP contribution in [0.1, 0.15) is 11.1 Å². The zero-order valence-corrected chi connectivity index (χ0v) is 12.0. The third-order valence-electron chi connectivity index (χ3n) is 2.71. The summed E-state index contributed by atoms with van der Waals surface area (Å²) >= 11 is 3.33. The third kappa shape index (κ3) is 3.55. The minimum Gasteiger partial charge on any atom is -0.482 e. The molecular formula is C14H12BrNO4. The number of nitrogens with zero attached hydrogens (tertiary/aromatic N) is 1. The Balaban J connectivity index is 2.18. The first-order valence-electron chi connectivity index (χ1n) is 5.85. The number of nitro benzene ring substituents is 1. The van der Waals surface area contributed by atoms with Gasteiger partial charge in [-0.3, -0.25) is 10.1 Å². The van der Waals surface area contributed by atoms with Crippen molar-refractivity contribution in [3.05, 3.63) is 68.2 Å². The second-order valence-electron chi connectivity index (χ2n) is 4.13. The van der Waals surface area contributed by atoms with Crippen molar-refractivity contribution < 1.29 is 14.8 Å². The summed E-state index contributed by atoms with van der Waals surface area (Å²) in [5.74, 6) is 0.157. The molecule has 0 atom stereocenters. The molecule has 0 aliphatic heterocycles. The van der Waals surface area contributed by atoms with Crippen molar-refractivity contribution >= 4 is 21.6 Å². The van der Waals surface area contributed by atoms with E-state index in [1.807, 2.05) is 24.3 Å². The van der Waals surface area contributed by atoms with Gasteiger partial charge >= 0.3 is 5.69 Å². The number of hydrogen-bond donors (Lipinski definition) is 1. The Hall–Kier alpha value is -1.92. The largest absolute Gasteiger partial charge is 0.482 e. The minimum atomic E-state index is -0.502. The van der Waals surface area contributed by atoms with Crippen molar-refractivity contribution in [2.45, 2.75) is 13.2 Å². The lowest BCUT2D eigenvalue weighted by Crippen LogP contribution is -2.00. The molecule has 2 rings (SSSR count). The number of benzene rings is 2. The summed E-state index contributed by atoms with van der Waals surface area (Å²) in [7, 11) is 0. The molecule has 0 unspecified atom stereocenters. The van der Waals surface area contributed by atoms with Gasteiger partial charge in [0.1, 0.15) is 6.61 Å². The molecule has 0 heterocycles. The van der Waals surface area contributed by atoms with Gasteiger partial charge in [0.15, 0.2) is 5.75 Å². The van der Waals surface area contributed by atoms with E-state index in [1.54, 1.807) is 0 Å². The van der Waals surface area contributed by atoms with Crippen LogP contribution in [0.15, 0.2) is 46.9 Å². The fourth-order valence-corrected chi connectivity index (χ4v) is 1.93. The average Bonchev–Trinajstić information content (AvgIpc) is 2.46. The number of aliphatic hydroxyl groups is 1. The molecule has 0 radical (unpaired) electrons. The van der Waals surface area contributed by atoms with Crippen LogP contribution in [0.25, 0.3) is 0 Å². The molecule has 6 heteroatoms. The minimum absolute atomic E-state index is 0.112. The number of hydrogen-bond acceptors (Lipinski definition) is 4. The van der Waals surface area contributed by atoms with Gasteiger partial charge in [-0.2, -0.15) is 0 Å². The van der Waals surface area contributed by atoms with Crippen LogP contribution in [0.4, 0.5) is 5.69 Å². The molecule has 0 aromatic heterocycles. The molecule has 0 saturated heterocycles. The van der Waals surface area contributed by atoms with E-state index in [-0.39, 0.29) is 24.7 Å². The summed E-state index contributed by atoms with van der Waals surface area (Å²) in [6.45, 7) is 0.0373. The summed E-state index contributed by atoms with van der Waals surface area (Å²) in [4.78, 5) is 10.4. The van der Waals surface area contributed by atoms with Gasteiger partial charge in [-0.15, -0.1) is 0 Å². The SMILES string of the molecule is O=[N+]([O-])c1ccc(CO)cc1OCc1ccc(Br)cc1. The van der Waals surface area contributed by atoms with Crippen LogP contribution in [0.5, 0.6) is 5.75 Å². The third-order valence-corrected chi connectivity index (χ3v) is 3.24. The number of nitro groups is 1. The zero-order valence-electron chi connectivity index (χ0n) is 10.5. The van der Waals surface area contributed by atoms with Gasteiger partial charge < -0.3 is 9.84 Å². The first kappa shape index (κ1) is 14.5. The second kappa shape index (κ2) is 6.49. The van der Waals surface area contributed by atoms with Crippen LogP contribution in [0.2, 0.25) is 0 Å². The Bertz CT molecular complexity index is 613. The number of halogens is 1. The van der Waals surface area contributed by atoms with E-state index < -0.39 is 4.92 Å². The maximum atomic E-state index is 10.9. The maximum Gasteiger partial charge on any atom is 0.310 e. The standard InChI is InChI=1S/C14H12BrNO4/c15-12-4-1-10(2-5-12)9-20-14-7-11(8-17)3-6-13(14)16(18)19/h1-7,17H,8-9H2. The van der Waals surface area contributed by atoms with E-state index in [4.69, 9.17) is 9.84 Å². The molecule has 0 spiro atoms. The molecule has 1 N–H and O–H groups in total. The molecule has 2 aromatic rings. The van der Waals surface area contributed by atoms with Crippen LogP contribution in [-0.4, -0.2) is 10.0 Å². The Morgan fingerprint density at radius 1 is 1.15 bits per heavy atom. The van der Waals surface area contributed by atoms with Crippen LogP contribution >= 0.6 is 15.9 Å². The lowest BCUT2D eigenvalue weighted by molar-refractivity contribution is -0.386. The number of aliphatic hydroxyl groups excluding tert-OH is 1. The van der Waals surface area contributed by atoms with Gasteiger partial charge in [0.05, 0.1) is 11.5 Å². The Morgan fingerprint density at radius 2 is 1.80 bits per heavy atom. The topological polar surface area (TPSA) is 72.6 Å². The van der Waals surface area contributed by atoms with Crippen molar-refractivity contribution in [2.75, 3.05) is 0 Å². The van der Waals surface area contributed by atoms with Crippen LogP contribution in [-0.2, 0) is 13.2 Å². The lowest BCUT2D eigenvalue weighted by Gasteiger charge is -2.08. The molecule has 104 valence electrons. The molecule has 0 saturated carbocycles. The smallest absolute Gasteiger partial charge is 0.310 e. The Labute approximate surface area is 124 Å². The van der Waals surface area contributed by atoms with E-state index in [0.29, 0.717) is 5.56 Å². The molecule has 0 aliphatic carbocycles. The highest BCUT2D eigenvalue weighted by Gasteiger charge is 2.15. The summed E-state index contributed by atoms with van der Waals surface area (Å²) in [6.07, 6.45) is 0. The maximum absolute atomic E-state index is 10.9. The van der Waals surface area contributed by atoms with Crippen LogP contribution in [0.3, 0.4) is 0 Å². The molecule has 2 aromatic carbocycles. The van der Waals surface area contributed by atoms with E-state index in [9.17, 15) is 10.1 Å². The average molecular weight is 338 g/mol. The van der Waals surface area contributed by atoms with Gasteiger partial charge in [-0.05, 0) is 35.4 Å². The summed E-state index contributed by atoms with van der Waals surface area (Å²) < 4.78 is 6.45. The van der Waals surface area contributed by atoms with Crippen molar-refractivity contribution in [2.24, 2.45) is 0 Å². The monoisotopic (exact) mass is 337 g/mol. The number of ether oxygens (including phenoxy) is 1. The molecule has 0 fully saturated rings. The Morgan fingerprint density at radius 3 is 2.40 bits per heavy atom. The lowest BCUT2D eigenvalue weighted by atomic mass is 10.2. The van der Waals surface area contributed by atoms with Crippen molar-refractivity contribution in [3.8, 4) is 5.75 Å². The van der Waals surface area contributed by atoms with Crippen molar-refractivity contribution in [1.29, 1.82) is 0 Å². The van der Waals surface area contributed by atoms with Crippen molar-refractivity contribution in [1.82, 2.24) is 0 Å². The highest BCUT2D eigenvalue weighted by atomic mass is 79.9.